The standard InChI is InChI=1S/C14H9IN2O2/c15-11-13(18)16-12(17-14(11)19)10-6-5-8-3-1-2-4-9(8)7-10/h1-7H,(H2,16,17,18,19). The summed E-state index contributed by atoms with van der Waals surface area (Å²) >= 11 is 1.76. The van der Waals surface area contributed by atoms with Crippen molar-refractivity contribution in [3.05, 3.63) is 56.4 Å². The number of aromatic nitrogens is 2. The van der Waals surface area contributed by atoms with Gasteiger partial charge in [0.05, 0.1) is 0 Å². The maximum absolute atomic E-state index is 11.6. The fourth-order valence-electron chi connectivity index (χ4n) is 1.92. The highest BCUT2D eigenvalue weighted by Crippen LogP contribution is 2.23. The summed E-state index contributed by atoms with van der Waals surface area (Å²) in [6, 6.07) is 13.7. The molecule has 4 nitrogen and oxygen atoms in total. The molecule has 5 heteroatoms. The van der Waals surface area contributed by atoms with Crippen LogP contribution in [0.25, 0.3) is 22.2 Å². The Morgan fingerprint density at radius 2 is 1.84 bits per heavy atom. The minimum Gasteiger partial charge on any atom is -0.492 e. The second-order valence-corrected chi connectivity index (χ2v) is 5.19. The molecule has 0 fully saturated rings. The lowest BCUT2D eigenvalue weighted by Gasteiger charge is -2.04. The predicted octanol–water partition coefficient (Wildman–Crippen LogP) is 2.90. The summed E-state index contributed by atoms with van der Waals surface area (Å²) in [5.41, 5.74) is 0.429. The maximum Gasteiger partial charge on any atom is 0.268 e. The Balaban J connectivity index is 2.22. The Labute approximate surface area is 122 Å². The largest absolute Gasteiger partial charge is 0.492 e. The molecule has 0 aliphatic carbocycles. The van der Waals surface area contributed by atoms with Gasteiger partial charge in [-0.05, 0) is 39.4 Å². The van der Waals surface area contributed by atoms with E-state index in [-0.39, 0.29) is 15.0 Å². The summed E-state index contributed by atoms with van der Waals surface area (Å²) in [5.74, 6) is 0.126. The molecule has 3 rings (SSSR count). The molecule has 0 aliphatic rings. The van der Waals surface area contributed by atoms with Crippen LogP contribution in [0.2, 0.25) is 0 Å². The molecule has 1 aromatic heterocycles. The van der Waals surface area contributed by atoms with Crippen molar-refractivity contribution in [1.82, 2.24) is 9.97 Å². The fourth-order valence-corrected chi connectivity index (χ4v) is 2.18. The summed E-state index contributed by atoms with van der Waals surface area (Å²) < 4.78 is 0.196. The van der Waals surface area contributed by atoms with Gasteiger partial charge in [0, 0.05) is 5.56 Å². The van der Waals surface area contributed by atoms with Crippen molar-refractivity contribution in [3.8, 4) is 17.3 Å². The first-order chi connectivity index (χ1) is 9.15. The van der Waals surface area contributed by atoms with Crippen molar-refractivity contribution < 1.29 is 5.11 Å². The van der Waals surface area contributed by atoms with Crippen LogP contribution in [-0.4, -0.2) is 15.1 Å². The van der Waals surface area contributed by atoms with Crippen molar-refractivity contribution >= 4 is 33.4 Å². The van der Waals surface area contributed by atoms with Crippen LogP contribution >= 0.6 is 22.6 Å². The summed E-state index contributed by atoms with van der Waals surface area (Å²) in [6.07, 6.45) is 0. The number of fused-ring (bicyclic) bond motifs is 1. The maximum atomic E-state index is 11.6. The van der Waals surface area contributed by atoms with Crippen molar-refractivity contribution in [3.63, 3.8) is 0 Å². The third kappa shape index (κ3) is 2.21. The first-order valence-electron chi connectivity index (χ1n) is 5.63. The average molecular weight is 364 g/mol. The molecule has 0 radical (unpaired) electrons. The van der Waals surface area contributed by atoms with Crippen LogP contribution in [0.15, 0.2) is 47.3 Å². The van der Waals surface area contributed by atoms with Crippen LogP contribution in [0.5, 0.6) is 5.88 Å². The second-order valence-electron chi connectivity index (χ2n) is 4.11. The Bertz CT molecular complexity index is 827. The third-order valence-corrected chi connectivity index (χ3v) is 3.84. The zero-order valence-corrected chi connectivity index (χ0v) is 11.9. The predicted molar refractivity (Wildman–Crippen MR) is 82.2 cm³/mol. The van der Waals surface area contributed by atoms with Gasteiger partial charge < -0.3 is 10.1 Å². The van der Waals surface area contributed by atoms with Crippen molar-refractivity contribution in [2.45, 2.75) is 0 Å². The molecule has 0 bridgehead atoms. The molecular formula is C14H9IN2O2. The third-order valence-electron chi connectivity index (χ3n) is 2.87. The summed E-state index contributed by atoms with van der Waals surface area (Å²) in [5, 5.41) is 11.8. The first kappa shape index (κ1) is 12.2. The monoisotopic (exact) mass is 364 g/mol. The number of hydrogen-bond acceptors (Lipinski definition) is 3. The number of H-pyrrole nitrogens is 1. The van der Waals surface area contributed by atoms with Crippen LogP contribution in [0.3, 0.4) is 0 Å². The molecule has 0 amide bonds. The molecule has 0 atom stereocenters. The van der Waals surface area contributed by atoms with E-state index < -0.39 is 0 Å². The van der Waals surface area contributed by atoms with E-state index in [1.165, 1.54) is 0 Å². The second kappa shape index (κ2) is 4.65. The zero-order chi connectivity index (χ0) is 13.4. The van der Waals surface area contributed by atoms with Gasteiger partial charge in [0.2, 0.25) is 5.88 Å². The van der Waals surface area contributed by atoms with E-state index in [0.29, 0.717) is 5.82 Å². The SMILES string of the molecule is O=c1[nH]c(-c2ccc3ccccc3c2)nc(O)c1I. The topological polar surface area (TPSA) is 66.0 Å². The molecule has 0 saturated carbocycles. The van der Waals surface area contributed by atoms with Gasteiger partial charge in [-0.3, -0.25) is 4.79 Å². The molecule has 0 spiro atoms. The van der Waals surface area contributed by atoms with E-state index in [9.17, 15) is 9.90 Å². The minimum atomic E-state index is -0.337. The van der Waals surface area contributed by atoms with Crippen LogP contribution in [-0.2, 0) is 0 Å². The van der Waals surface area contributed by atoms with Gasteiger partial charge in [-0.1, -0.05) is 36.4 Å². The average Bonchev–Trinajstić information content (AvgIpc) is 2.43. The van der Waals surface area contributed by atoms with Crippen molar-refractivity contribution in [1.29, 1.82) is 0 Å². The van der Waals surface area contributed by atoms with Crippen LogP contribution in [0.1, 0.15) is 0 Å². The Morgan fingerprint density at radius 1 is 1.11 bits per heavy atom. The Morgan fingerprint density at radius 3 is 2.58 bits per heavy atom. The van der Waals surface area contributed by atoms with E-state index in [0.717, 1.165) is 16.3 Å². The molecule has 19 heavy (non-hydrogen) atoms. The quantitative estimate of drug-likeness (QED) is 0.653. The smallest absolute Gasteiger partial charge is 0.268 e. The highest BCUT2D eigenvalue weighted by molar-refractivity contribution is 14.1. The van der Waals surface area contributed by atoms with E-state index in [2.05, 4.69) is 9.97 Å². The number of hydrogen-bond donors (Lipinski definition) is 2. The van der Waals surface area contributed by atoms with Gasteiger partial charge in [-0.25, -0.2) is 0 Å². The van der Waals surface area contributed by atoms with Crippen molar-refractivity contribution in [2.75, 3.05) is 0 Å². The van der Waals surface area contributed by atoms with Gasteiger partial charge in [-0.15, -0.1) is 0 Å². The normalized spacial score (nSPS) is 10.8. The highest BCUT2D eigenvalue weighted by Gasteiger charge is 2.09. The number of aromatic hydroxyl groups is 1. The van der Waals surface area contributed by atoms with Crippen LogP contribution < -0.4 is 5.56 Å². The lowest BCUT2D eigenvalue weighted by molar-refractivity contribution is 0.447. The number of aromatic amines is 1. The molecule has 2 aromatic carbocycles. The minimum absolute atomic E-state index is 0.196. The number of halogens is 1. The van der Waals surface area contributed by atoms with E-state index in [1.54, 1.807) is 22.6 Å². The number of nitrogens with zero attached hydrogens (tertiary/aromatic N) is 1. The molecule has 0 unspecified atom stereocenters. The van der Waals surface area contributed by atoms with E-state index in [4.69, 9.17) is 0 Å². The van der Waals surface area contributed by atoms with Gasteiger partial charge in [-0.2, -0.15) is 4.98 Å². The Kier molecular flexibility index (Phi) is 2.98. The highest BCUT2D eigenvalue weighted by atomic mass is 127. The number of rotatable bonds is 1. The molecule has 2 N–H and O–H groups in total. The summed E-state index contributed by atoms with van der Waals surface area (Å²) in [7, 11) is 0. The lowest BCUT2D eigenvalue weighted by atomic mass is 10.1. The molecule has 94 valence electrons. The van der Waals surface area contributed by atoms with Gasteiger partial charge in [0.25, 0.3) is 5.56 Å². The molecule has 0 saturated heterocycles. The fraction of sp³-hybridized carbons (Fsp3) is 0. The van der Waals surface area contributed by atoms with Gasteiger partial charge in [0.1, 0.15) is 9.39 Å². The first-order valence-corrected chi connectivity index (χ1v) is 6.71. The Hall–Kier alpha value is -1.89. The zero-order valence-electron chi connectivity index (χ0n) is 9.72. The lowest BCUT2D eigenvalue weighted by Crippen LogP contribution is -2.12. The molecule has 1 heterocycles. The number of nitrogens with one attached hydrogen (secondary N) is 1. The van der Waals surface area contributed by atoms with E-state index in [1.807, 2.05) is 42.5 Å². The van der Waals surface area contributed by atoms with Crippen LogP contribution in [0, 0.1) is 3.57 Å². The van der Waals surface area contributed by atoms with Crippen LogP contribution in [0.4, 0.5) is 0 Å². The number of benzene rings is 2. The van der Waals surface area contributed by atoms with Crippen molar-refractivity contribution in [2.24, 2.45) is 0 Å². The summed E-state index contributed by atoms with van der Waals surface area (Å²) in [6.45, 7) is 0. The molecular weight excluding hydrogens is 355 g/mol. The molecule has 3 aromatic rings. The summed E-state index contributed by atoms with van der Waals surface area (Å²) in [4.78, 5) is 18.3. The van der Waals surface area contributed by atoms with Gasteiger partial charge in [0.15, 0.2) is 0 Å². The van der Waals surface area contributed by atoms with E-state index >= 15 is 0 Å². The molecule has 0 aliphatic heterocycles. The van der Waals surface area contributed by atoms with Gasteiger partial charge >= 0.3 is 0 Å².